The van der Waals surface area contributed by atoms with Crippen molar-refractivity contribution in [1.82, 2.24) is 14.3 Å². The highest BCUT2D eigenvalue weighted by atomic mass is 32.2. The Hall–Kier alpha value is -1.98. The third-order valence-corrected chi connectivity index (χ3v) is 4.77. The Kier molecular flexibility index (Phi) is 3.50. The molecule has 0 amide bonds. The van der Waals surface area contributed by atoms with Crippen LogP contribution in [0, 0.1) is 0 Å². The molecule has 1 fully saturated rings. The molecule has 1 aromatic heterocycles. The van der Waals surface area contributed by atoms with Gasteiger partial charge in [-0.3, -0.25) is 14.6 Å². The molecule has 2 heterocycles. The van der Waals surface area contributed by atoms with E-state index in [0.29, 0.717) is 10.5 Å². The summed E-state index contributed by atoms with van der Waals surface area (Å²) in [4.78, 5) is 36.3. The highest BCUT2D eigenvalue weighted by Crippen LogP contribution is 2.24. The number of nitrogens with zero attached hydrogens (tertiary/aromatic N) is 1. The van der Waals surface area contributed by atoms with Gasteiger partial charge in [-0.2, -0.15) is 4.31 Å². The van der Waals surface area contributed by atoms with Crippen molar-refractivity contribution in [1.29, 1.82) is 0 Å². The second-order valence-corrected chi connectivity index (χ2v) is 6.11. The highest BCUT2D eigenvalue weighted by Gasteiger charge is 2.44. The Bertz CT molecular complexity index is 749. The number of carboxylic acids is 1. The van der Waals surface area contributed by atoms with Gasteiger partial charge in [0.2, 0.25) is 0 Å². The number of carboxylic acid groups (broad SMARTS) is 1. The van der Waals surface area contributed by atoms with E-state index >= 15 is 0 Å². The van der Waals surface area contributed by atoms with Gasteiger partial charge in [0.05, 0.1) is 6.10 Å². The molecule has 0 aliphatic carbocycles. The lowest BCUT2D eigenvalue weighted by molar-refractivity contribution is -0.140. The predicted molar refractivity (Wildman–Crippen MR) is 63.6 cm³/mol. The molecule has 1 aliphatic rings. The lowest BCUT2D eigenvalue weighted by atomic mass is 10.2. The minimum atomic E-state index is -4.43. The molecule has 1 aliphatic heterocycles. The van der Waals surface area contributed by atoms with Crippen molar-refractivity contribution in [2.75, 3.05) is 6.54 Å². The van der Waals surface area contributed by atoms with Gasteiger partial charge >= 0.3 is 11.7 Å². The van der Waals surface area contributed by atoms with Crippen LogP contribution in [0.1, 0.15) is 6.42 Å². The number of aliphatic hydroxyl groups excluding tert-OH is 1. The van der Waals surface area contributed by atoms with Crippen molar-refractivity contribution in [3.8, 4) is 0 Å². The van der Waals surface area contributed by atoms with Crippen molar-refractivity contribution in [2.45, 2.75) is 23.5 Å². The largest absolute Gasteiger partial charge is 0.480 e. The molecule has 1 saturated heterocycles. The number of H-pyrrole nitrogens is 2. The van der Waals surface area contributed by atoms with Gasteiger partial charge in [0, 0.05) is 19.2 Å². The molecule has 10 nitrogen and oxygen atoms in total. The van der Waals surface area contributed by atoms with E-state index in [2.05, 4.69) is 0 Å². The maximum absolute atomic E-state index is 12.2. The molecule has 0 spiro atoms. The van der Waals surface area contributed by atoms with Crippen LogP contribution in [0.2, 0.25) is 0 Å². The van der Waals surface area contributed by atoms with Crippen molar-refractivity contribution < 1.29 is 23.4 Å². The Morgan fingerprint density at radius 1 is 1.40 bits per heavy atom. The number of rotatable bonds is 3. The average Bonchev–Trinajstić information content (AvgIpc) is 2.71. The van der Waals surface area contributed by atoms with Crippen molar-refractivity contribution >= 4 is 16.0 Å². The van der Waals surface area contributed by atoms with Crippen LogP contribution in [0.15, 0.2) is 20.7 Å². The van der Waals surface area contributed by atoms with Gasteiger partial charge < -0.3 is 15.2 Å². The quantitative estimate of drug-likeness (QED) is 0.471. The highest BCUT2D eigenvalue weighted by molar-refractivity contribution is 7.89. The van der Waals surface area contributed by atoms with Crippen LogP contribution in [-0.2, 0) is 14.8 Å². The molecule has 4 N–H and O–H groups in total. The molecule has 20 heavy (non-hydrogen) atoms. The number of nitrogens with one attached hydrogen (secondary N) is 2. The minimum absolute atomic E-state index is 0.268. The first-order valence-electron chi connectivity index (χ1n) is 5.48. The fourth-order valence-corrected chi connectivity index (χ4v) is 3.62. The fourth-order valence-electron chi connectivity index (χ4n) is 1.99. The zero-order valence-corrected chi connectivity index (χ0v) is 10.8. The molecule has 2 unspecified atom stereocenters. The standard InChI is InChI=1S/C9H11N3O7S/c13-4-1-5(8(15)16)12(3-4)20(18,19)6-2-10-9(17)11-7(6)14/h2,4-5,13H,1,3H2,(H,15,16)(H2,10,11,14,17). The first kappa shape index (κ1) is 14.4. The molecule has 11 heteroatoms. The number of hydrogen-bond acceptors (Lipinski definition) is 6. The number of β-amino-alcohol motifs (C(OH)–C–C–N with tert-alkyl or cyclic N) is 1. The summed E-state index contributed by atoms with van der Waals surface area (Å²) >= 11 is 0. The Labute approximate surface area is 111 Å². The smallest absolute Gasteiger partial charge is 0.325 e. The van der Waals surface area contributed by atoms with E-state index in [1.54, 1.807) is 4.98 Å². The van der Waals surface area contributed by atoms with E-state index in [4.69, 9.17) is 5.11 Å². The van der Waals surface area contributed by atoms with Crippen LogP contribution in [0.4, 0.5) is 0 Å². The van der Waals surface area contributed by atoms with Gasteiger partial charge in [-0.15, -0.1) is 0 Å². The number of aromatic nitrogens is 2. The van der Waals surface area contributed by atoms with Gasteiger partial charge in [0.25, 0.3) is 15.6 Å². The molecule has 2 rings (SSSR count). The third kappa shape index (κ3) is 2.37. The van der Waals surface area contributed by atoms with Gasteiger partial charge in [-0.05, 0) is 0 Å². The Balaban J connectivity index is 2.52. The van der Waals surface area contributed by atoms with E-state index in [9.17, 15) is 27.9 Å². The van der Waals surface area contributed by atoms with Crippen LogP contribution in [0.5, 0.6) is 0 Å². The molecule has 0 radical (unpaired) electrons. The maximum Gasteiger partial charge on any atom is 0.325 e. The molecule has 2 atom stereocenters. The van der Waals surface area contributed by atoms with Crippen molar-refractivity contribution in [3.63, 3.8) is 0 Å². The lowest BCUT2D eigenvalue weighted by Gasteiger charge is -2.19. The summed E-state index contributed by atoms with van der Waals surface area (Å²) in [5.74, 6) is -1.43. The number of hydrogen-bond donors (Lipinski definition) is 4. The van der Waals surface area contributed by atoms with Crippen LogP contribution in [-0.4, -0.2) is 57.6 Å². The van der Waals surface area contributed by atoms with Crippen molar-refractivity contribution in [3.05, 3.63) is 27.0 Å². The average molecular weight is 305 g/mol. The predicted octanol–water partition coefficient (Wildman–Crippen LogP) is -2.73. The molecule has 0 saturated carbocycles. The third-order valence-electron chi connectivity index (χ3n) is 2.89. The molecule has 1 aromatic rings. The van der Waals surface area contributed by atoms with E-state index in [1.165, 1.54) is 0 Å². The van der Waals surface area contributed by atoms with Crippen LogP contribution in [0.3, 0.4) is 0 Å². The van der Waals surface area contributed by atoms with E-state index < -0.39 is 50.8 Å². The van der Waals surface area contributed by atoms with Crippen LogP contribution >= 0.6 is 0 Å². The zero-order chi connectivity index (χ0) is 15.1. The summed E-state index contributed by atoms with van der Waals surface area (Å²) in [7, 11) is -4.43. The summed E-state index contributed by atoms with van der Waals surface area (Å²) < 4.78 is 25.0. The zero-order valence-electron chi connectivity index (χ0n) is 9.94. The first-order chi connectivity index (χ1) is 9.23. The molecular weight excluding hydrogens is 294 g/mol. The topological polar surface area (TPSA) is 161 Å². The SMILES string of the molecule is O=C(O)C1CC(O)CN1S(=O)(=O)c1c[nH]c(=O)[nH]c1=O. The number of carbonyl (C=O) groups is 1. The molecule has 0 bridgehead atoms. The summed E-state index contributed by atoms with van der Waals surface area (Å²) in [6.45, 7) is -0.433. The van der Waals surface area contributed by atoms with Gasteiger partial charge in [0.15, 0.2) is 4.90 Å². The summed E-state index contributed by atoms with van der Waals surface area (Å²) in [5.41, 5.74) is -2.04. The number of aliphatic carboxylic acids is 1. The lowest BCUT2D eigenvalue weighted by Crippen LogP contribution is -2.43. The maximum atomic E-state index is 12.2. The minimum Gasteiger partial charge on any atom is -0.480 e. The number of sulfonamides is 1. The first-order valence-corrected chi connectivity index (χ1v) is 6.92. The van der Waals surface area contributed by atoms with E-state index in [1.807, 2.05) is 4.98 Å². The summed E-state index contributed by atoms with van der Waals surface area (Å²) in [6.07, 6.45) is -0.705. The van der Waals surface area contributed by atoms with Gasteiger partial charge in [0.1, 0.15) is 6.04 Å². The van der Waals surface area contributed by atoms with Gasteiger partial charge in [-0.25, -0.2) is 13.2 Å². The van der Waals surface area contributed by atoms with Crippen LogP contribution in [0.25, 0.3) is 0 Å². The fraction of sp³-hybridized carbons (Fsp3) is 0.444. The number of aliphatic hydroxyl groups is 1. The molecule has 110 valence electrons. The summed E-state index contributed by atoms with van der Waals surface area (Å²) in [6, 6.07) is -1.46. The summed E-state index contributed by atoms with van der Waals surface area (Å²) in [5, 5.41) is 18.4. The molecule has 0 aromatic carbocycles. The normalized spacial score (nSPS) is 23.9. The molecular formula is C9H11N3O7S. The second-order valence-electron chi connectivity index (χ2n) is 4.25. The van der Waals surface area contributed by atoms with Crippen LogP contribution < -0.4 is 11.2 Å². The monoisotopic (exact) mass is 305 g/mol. The van der Waals surface area contributed by atoms with Crippen molar-refractivity contribution in [2.24, 2.45) is 0 Å². The van der Waals surface area contributed by atoms with Gasteiger partial charge in [-0.1, -0.05) is 0 Å². The number of aromatic amines is 2. The second kappa shape index (κ2) is 4.85. The van der Waals surface area contributed by atoms with E-state index in [-0.39, 0.29) is 6.42 Å². The Morgan fingerprint density at radius 2 is 2.05 bits per heavy atom. The Morgan fingerprint density at radius 3 is 2.60 bits per heavy atom. The van der Waals surface area contributed by atoms with E-state index in [0.717, 1.165) is 0 Å².